The molecule has 1 saturated carbocycles. The molecule has 1 aromatic heterocycles. The number of ether oxygens (including phenoxy) is 2. The Morgan fingerprint density at radius 3 is 2.86 bits per heavy atom. The highest BCUT2D eigenvalue weighted by Crippen LogP contribution is 2.44. The van der Waals surface area contributed by atoms with Crippen molar-refractivity contribution in [3.05, 3.63) is 22.4 Å². The van der Waals surface area contributed by atoms with Gasteiger partial charge in [0.2, 0.25) is 5.91 Å². The molecule has 21 heavy (non-hydrogen) atoms. The van der Waals surface area contributed by atoms with Crippen LogP contribution >= 0.6 is 11.3 Å². The normalized spacial score (nSPS) is 24.9. The molecule has 4 nitrogen and oxygen atoms in total. The molecule has 0 aromatic carbocycles. The van der Waals surface area contributed by atoms with E-state index in [0.29, 0.717) is 26.4 Å². The van der Waals surface area contributed by atoms with Gasteiger partial charge in [-0.1, -0.05) is 18.9 Å². The van der Waals surface area contributed by atoms with Gasteiger partial charge in [0.05, 0.1) is 31.3 Å². The van der Waals surface area contributed by atoms with Gasteiger partial charge in [-0.15, -0.1) is 11.3 Å². The van der Waals surface area contributed by atoms with E-state index in [-0.39, 0.29) is 17.4 Å². The average Bonchev–Trinajstić information content (AvgIpc) is 3.19. The lowest BCUT2D eigenvalue weighted by atomic mass is 9.83. The molecule has 0 spiro atoms. The van der Waals surface area contributed by atoms with Crippen LogP contribution in [-0.2, 0) is 19.7 Å². The summed E-state index contributed by atoms with van der Waals surface area (Å²) >= 11 is 1.71. The second kappa shape index (κ2) is 6.46. The van der Waals surface area contributed by atoms with Crippen molar-refractivity contribution in [1.82, 2.24) is 4.90 Å². The molecule has 1 aliphatic heterocycles. The molecule has 0 N–H and O–H groups in total. The Morgan fingerprint density at radius 2 is 2.24 bits per heavy atom. The number of carbonyl (C=O) groups is 1. The van der Waals surface area contributed by atoms with Gasteiger partial charge in [0.25, 0.3) is 0 Å². The Hall–Kier alpha value is -0.910. The van der Waals surface area contributed by atoms with E-state index in [1.165, 1.54) is 4.88 Å². The van der Waals surface area contributed by atoms with E-state index >= 15 is 0 Å². The first-order valence-electron chi connectivity index (χ1n) is 7.71. The number of likely N-dealkylation sites (N-methyl/N-ethyl adjacent to an activating group) is 1. The highest BCUT2D eigenvalue weighted by atomic mass is 32.1. The maximum absolute atomic E-state index is 13.1. The Balaban J connectivity index is 1.72. The molecule has 116 valence electrons. The standard InChI is InChI=1S/C16H23NO3S/c1-17(11-13-12-19-8-9-20-13)15(18)16(6-2-3-7-16)14-5-4-10-21-14/h4-5,10,13H,2-3,6-9,11-12H2,1H3. The molecule has 2 fully saturated rings. The van der Waals surface area contributed by atoms with Crippen molar-refractivity contribution in [1.29, 1.82) is 0 Å². The third-order valence-electron chi connectivity index (χ3n) is 4.57. The minimum absolute atomic E-state index is 0.00879. The third kappa shape index (κ3) is 3.00. The van der Waals surface area contributed by atoms with Crippen molar-refractivity contribution in [2.75, 3.05) is 33.4 Å². The maximum Gasteiger partial charge on any atom is 0.233 e. The van der Waals surface area contributed by atoms with Gasteiger partial charge in [0.15, 0.2) is 0 Å². The van der Waals surface area contributed by atoms with Gasteiger partial charge >= 0.3 is 0 Å². The van der Waals surface area contributed by atoms with Crippen molar-refractivity contribution in [2.45, 2.75) is 37.2 Å². The summed E-state index contributed by atoms with van der Waals surface area (Å²) in [4.78, 5) is 16.1. The zero-order chi connectivity index (χ0) is 14.7. The smallest absolute Gasteiger partial charge is 0.233 e. The predicted molar refractivity (Wildman–Crippen MR) is 82.7 cm³/mol. The Kier molecular flexibility index (Phi) is 4.62. The van der Waals surface area contributed by atoms with Crippen LogP contribution in [0.5, 0.6) is 0 Å². The summed E-state index contributed by atoms with van der Waals surface area (Å²) < 4.78 is 11.1. The first-order chi connectivity index (χ1) is 10.2. The van der Waals surface area contributed by atoms with Crippen LogP contribution < -0.4 is 0 Å². The molecule has 1 unspecified atom stereocenters. The highest BCUT2D eigenvalue weighted by Gasteiger charge is 2.45. The van der Waals surface area contributed by atoms with Crippen LogP contribution in [-0.4, -0.2) is 50.3 Å². The van der Waals surface area contributed by atoms with Crippen LogP contribution in [0.4, 0.5) is 0 Å². The number of carbonyl (C=O) groups excluding carboxylic acids is 1. The van der Waals surface area contributed by atoms with Crippen molar-refractivity contribution in [2.24, 2.45) is 0 Å². The van der Waals surface area contributed by atoms with Gasteiger partial charge < -0.3 is 14.4 Å². The summed E-state index contributed by atoms with van der Waals surface area (Å²) in [5.74, 6) is 0.247. The zero-order valence-corrected chi connectivity index (χ0v) is 13.4. The van der Waals surface area contributed by atoms with Gasteiger partial charge in [0, 0.05) is 18.5 Å². The van der Waals surface area contributed by atoms with Gasteiger partial charge in [0.1, 0.15) is 0 Å². The van der Waals surface area contributed by atoms with E-state index in [4.69, 9.17) is 9.47 Å². The van der Waals surface area contributed by atoms with E-state index < -0.39 is 0 Å². The number of nitrogens with zero attached hydrogens (tertiary/aromatic N) is 1. The predicted octanol–water partition coefficient (Wildman–Crippen LogP) is 2.43. The molecule has 1 aromatic rings. The molecule has 5 heteroatoms. The molecular formula is C16H23NO3S. The monoisotopic (exact) mass is 309 g/mol. The van der Waals surface area contributed by atoms with Crippen LogP contribution in [0.1, 0.15) is 30.6 Å². The fourth-order valence-electron chi connectivity index (χ4n) is 3.49. The summed E-state index contributed by atoms with van der Waals surface area (Å²) in [6.45, 7) is 2.49. The van der Waals surface area contributed by atoms with Crippen LogP contribution in [0.25, 0.3) is 0 Å². The molecule has 1 amide bonds. The lowest BCUT2D eigenvalue weighted by molar-refractivity contribution is -0.141. The summed E-state index contributed by atoms with van der Waals surface area (Å²) in [6.07, 6.45) is 4.23. The van der Waals surface area contributed by atoms with Crippen LogP contribution in [0.3, 0.4) is 0 Å². The van der Waals surface area contributed by atoms with Gasteiger partial charge in [-0.05, 0) is 24.3 Å². The maximum atomic E-state index is 13.1. The van der Waals surface area contributed by atoms with E-state index in [1.54, 1.807) is 11.3 Å². The second-order valence-electron chi connectivity index (χ2n) is 6.02. The SMILES string of the molecule is CN(CC1COCCO1)C(=O)C1(c2cccs2)CCCC1. The molecule has 2 aliphatic rings. The average molecular weight is 309 g/mol. The third-order valence-corrected chi connectivity index (χ3v) is 5.64. The Labute approximate surface area is 130 Å². The van der Waals surface area contributed by atoms with E-state index in [2.05, 4.69) is 11.4 Å². The fourth-order valence-corrected chi connectivity index (χ4v) is 4.47. The fraction of sp³-hybridized carbons (Fsp3) is 0.688. The van der Waals surface area contributed by atoms with Crippen molar-refractivity contribution in [3.8, 4) is 0 Å². The lowest BCUT2D eigenvalue weighted by Gasteiger charge is -2.34. The van der Waals surface area contributed by atoms with Crippen molar-refractivity contribution >= 4 is 17.2 Å². The summed E-state index contributed by atoms with van der Waals surface area (Å²) in [5, 5.41) is 2.07. The van der Waals surface area contributed by atoms with Crippen molar-refractivity contribution in [3.63, 3.8) is 0 Å². The Morgan fingerprint density at radius 1 is 1.43 bits per heavy atom. The topological polar surface area (TPSA) is 38.8 Å². The number of thiophene rings is 1. The number of amides is 1. The number of rotatable bonds is 4. The van der Waals surface area contributed by atoms with Gasteiger partial charge in [-0.3, -0.25) is 4.79 Å². The first kappa shape index (κ1) is 15.0. The highest BCUT2D eigenvalue weighted by molar-refractivity contribution is 7.10. The molecule has 1 saturated heterocycles. The van der Waals surface area contributed by atoms with E-state index in [9.17, 15) is 4.79 Å². The summed E-state index contributed by atoms with van der Waals surface area (Å²) in [7, 11) is 1.90. The van der Waals surface area contributed by atoms with Crippen LogP contribution in [0, 0.1) is 0 Å². The molecule has 2 heterocycles. The zero-order valence-electron chi connectivity index (χ0n) is 12.5. The van der Waals surface area contributed by atoms with Crippen LogP contribution in [0.2, 0.25) is 0 Å². The largest absolute Gasteiger partial charge is 0.376 e. The van der Waals surface area contributed by atoms with Crippen LogP contribution in [0.15, 0.2) is 17.5 Å². The Bertz CT molecular complexity index is 462. The van der Waals surface area contributed by atoms with Gasteiger partial charge in [-0.25, -0.2) is 0 Å². The number of hydrogen-bond acceptors (Lipinski definition) is 4. The lowest BCUT2D eigenvalue weighted by Crippen LogP contribution is -2.48. The minimum atomic E-state index is -0.293. The van der Waals surface area contributed by atoms with Gasteiger partial charge in [-0.2, -0.15) is 0 Å². The van der Waals surface area contributed by atoms with E-state index in [1.807, 2.05) is 18.0 Å². The van der Waals surface area contributed by atoms with E-state index in [0.717, 1.165) is 25.7 Å². The molecular weight excluding hydrogens is 286 g/mol. The van der Waals surface area contributed by atoms with Crippen molar-refractivity contribution < 1.29 is 14.3 Å². The summed E-state index contributed by atoms with van der Waals surface area (Å²) in [6, 6.07) is 4.16. The molecule has 1 atom stereocenters. The minimum Gasteiger partial charge on any atom is -0.376 e. The molecule has 0 radical (unpaired) electrons. The molecule has 0 bridgehead atoms. The quantitative estimate of drug-likeness (QED) is 0.857. The summed E-state index contributed by atoms with van der Waals surface area (Å²) in [5.41, 5.74) is -0.293. The number of hydrogen-bond donors (Lipinski definition) is 0. The molecule has 3 rings (SSSR count). The second-order valence-corrected chi connectivity index (χ2v) is 6.97. The molecule has 1 aliphatic carbocycles. The first-order valence-corrected chi connectivity index (χ1v) is 8.59.